The fourth-order valence-electron chi connectivity index (χ4n) is 2.04. The molecule has 0 aliphatic heterocycles. The van der Waals surface area contributed by atoms with E-state index in [9.17, 15) is 0 Å². The molecular formula is C19H22NO2. The van der Waals surface area contributed by atoms with E-state index in [0.717, 1.165) is 29.9 Å². The van der Waals surface area contributed by atoms with Gasteiger partial charge in [-0.3, -0.25) is 0 Å². The average molecular weight is 296 g/mol. The van der Waals surface area contributed by atoms with Crippen LogP contribution in [0.4, 0.5) is 0 Å². The van der Waals surface area contributed by atoms with E-state index in [1.54, 1.807) is 6.07 Å². The maximum absolute atomic E-state index is 5.53. The minimum atomic E-state index is 0.422. The molecule has 22 heavy (non-hydrogen) atoms. The number of aryl methyl sites for hydroxylation is 1. The lowest BCUT2D eigenvalue weighted by atomic mass is 10.1. The van der Waals surface area contributed by atoms with Gasteiger partial charge in [-0.05, 0) is 42.2 Å². The van der Waals surface area contributed by atoms with Gasteiger partial charge in [-0.2, -0.15) is 0 Å². The van der Waals surface area contributed by atoms with Crippen LogP contribution in [0.3, 0.4) is 0 Å². The Hall–Kier alpha value is -2.29. The van der Waals surface area contributed by atoms with E-state index in [2.05, 4.69) is 49.3 Å². The fourth-order valence-corrected chi connectivity index (χ4v) is 2.04. The molecule has 0 unspecified atom stereocenters. The van der Waals surface area contributed by atoms with Gasteiger partial charge in [0.1, 0.15) is 12.4 Å². The Morgan fingerprint density at radius 2 is 1.91 bits per heavy atom. The Morgan fingerprint density at radius 3 is 2.55 bits per heavy atom. The summed E-state index contributed by atoms with van der Waals surface area (Å²) in [6.07, 6.45) is 1.88. The molecule has 2 aromatic rings. The van der Waals surface area contributed by atoms with Gasteiger partial charge in [0.2, 0.25) is 0 Å². The number of ether oxygens (including phenoxy) is 1. The first-order valence-electron chi connectivity index (χ1n) is 7.70. The first-order chi connectivity index (χ1) is 10.8. The molecule has 3 nitrogen and oxygen atoms in total. The third kappa shape index (κ3) is 4.92. The summed E-state index contributed by atoms with van der Waals surface area (Å²) in [4.78, 5) is 5.37. The summed E-state index contributed by atoms with van der Waals surface area (Å²) >= 11 is 0. The highest BCUT2D eigenvalue weighted by atomic mass is 16.6. The lowest BCUT2D eigenvalue weighted by molar-refractivity contribution is 0.107. The maximum Gasteiger partial charge on any atom is 0.151 e. The normalized spacial score (nSPS) is 11.3. The molecule has 115 valence electrons. The highest BCUT2D eigenvalue weighted by Crippen LogP contribution is 2.09. The van der Waals surface area contributed by atoms with E-state index in [1.807, 2.05) is 18.2 Å². The molecule has 2 rings (SSSR count). The minimum absolute atomic E-state index is 0.422. The van der Waals surface area contributed by atoms with Gasteiger partial charge in [-0.15, -0.1) is 0 Å². The molecule has 0 aliphatic carbocycles. The Morgan fingerprint density at radius 1 is 1.09 bits per heavy atom. The van der Waals surface area contributed by atoms with Crippen LogP contribution in [-0.4, -0.2) is 18.9 Å². The van der Waals surface area contributed by atoms with Crippen LogP contribution in [0, 0.1) is 6.07 Å². The standard InChI is InChI=1S/C19H22NO2/c1-3-16-10-12-17(13-11-16)19(4-2)20-22-15-14-21-18-8-6-5-7-9-18/h5-6,8-13H,3-4,14-15H2,1-2H3/b20-19+. The summed E-state index contributed by atoms with van der Waals surface area (Å²) < 4.78 is 5.53. The number of benzene rings is 2. The summed E-state index contributed by atoms with van der Waals surface area (Å²) in [7, 11) is 0. The van der Waals surface area contributed by atoms with Crippen molar-refractivity contribution in [3.63, 3.8) is 0 Å². The van der Waals surface area contributed by atoms with Crippen molar-refractivity contribution in [1.29, 1.82) is 0 Å². The minimum Gasteiger partial charge on any atom is -0.490 e. The third-order valence-corrected chi connectivity index (χ3v) is 3.33. The fraction of sp³-hybridized carbons (Fsp3) is 0.316. The summed E-state index contributed by atoms with van der Waals surface area (Å²) in [6, 6.07) is 18.9. The van der Waals surface area contributed by atoms with Gasteiger partial charge in [-0.1, -0.05) is 55.4 Å². The van der Waals surface area contributed by atoms with E-state index < -0.39 is 0 Å². The van der Waals surface area contributed by atoms with Gasteiger partial charge in [-0.25, -0.2) is 0 Å². The second-order valence-corrected chi connectivity index (χ2v) is 4.86. The number of nitrogens with zero attached hydrogens (tertiary/aromatic N) is 1. The van der Waals surface area contributed by atoms with Crippen LogP contribution in [0.25, 0.3) is 0 Å². The van der Waals surface area contributed by atoms with Crippen molar-refractivity contribution in [2.45, 2.75) is 26.7 Å². The zero-order valence-electron chi connectivity index (χ0n) is 13.2. The van der Waals surface area contributed by atoms with Crippen LogP contribution >= 0.6 is 0 Å². The molecule has 0 fully saturated rings. The van der Waals surface area contributed by atoms with Gasteiger partial charge >= 0.3 is 0 Å². The second kappa shape index (κ2) is 8.88. The smallest absolute Gasteiger partial charge is 0.151 e. The van der Waals surface area contributed by atoms with Gasteiger partial charge in [0, 0.05) is 0 Å². The van der Waals surface area contributed by atoms with E-state index in [0.29, 0.717) is 13.2 Å². The van der Waals surface area contributed by atoms with Crippen molar-refractivity contribution in [2.24, 2.45) is 5.16 Å². The van der Waals surface area contributed by atoms with Crippen molar-refractivity contribution in [3.05, 3.63) is 65.7 Å². The molecule has 3 heteroatoms. The quantitative estimate of drug-likeness (QED) is 0.414. The largest absolute Gasteiger partial charge is 0.490 e. The summed E-state index contributed by atoms with van der Waals surface area (Å²) in [5.41, 5.74) is 3.39. The van der Waals surface area contributed by atoms with Gasteiger partial charge < -0.3 is 9.57 Å². The molecule has 1 radical (unpaired) electrons. The van der Waals surface area contributed by atoms with Crippen LogP contribution < -0.4 is 4.74 Å². The SMILES string of the molecule is CC/C(=N\OCCOc1c[c]ccc1)c1ccc(CC)cc1. The monoisotopic (exact) mass is 296 g/mol. The third-order valence-electron chi connectivity index (χ3n) is 3.33. The van der Waals surface area contributed by atoms with Crippen LogP contribution in [0.5, 0.6) is 5.75 Å². The van der Waals surface area contributed by atoms with Crippen LogP contribution in [0.2, 0.25) is 0 Å². The van der Waals surface area contributed by atoms with Crippen molar-refractivity contribution in [2.75, 3.05) is 13.2 Å². The molecular weight excluding hydrogens is 274 g/mol. The van der Waals surface area contributed by atoms with E-state index >= 15 is 0 Å². The Balaban J connectivity index is 1.81. The zero-order chi connectivity index (χ0) is 15.6. The summed E-state index contributed by atoms with van der Waals surface area (Å²) in [5, 5.41) is 4.23. The molecule has 0 aliphatic rings. The van der Waals surface area contributed by atoms with Crippen molar-refractivity contribution >= 4 is 5.71 Å². The first kappa shape index (κ1) is 16.1. The Labute approximate surface area is 132 Å². The maximum atomic E-state index is 5.53. The van der Waals surface area contributed by atoms with Crippen LogP contribution in [0.15, 0.2) is 53.7 Å². The molecule has 0 saturated heterocycles. The topological polar surface area (TPSA) is 30.8 Å². The Bertz CT molecular complexity index is 576. The molecule has 0 spiro atoms. The average Bonchev–Trinajstić information content (AvgIpc) is 2.59. The van der Waals surface area contributed by atoms with Crippen molar-refractivity contribution in [1.82, 2.24) is 0 Å². The summed E-state index contributed by atoms with van der Waals surface area (Å²) in [6.45, 7) is 5.11. The Kier molecular flexibility index (Phi) is 6.49. The molecule has 0 bridgehead atoms. The molecule has 0 aromatic heterocycles. The molecule has 0 N–H and O–H groups in total. The van der Waals surface area contributed by atoms with E-state index in [1.165, 1.54) is 5.56 Å². The second-order valence-electron chi connectivity index (χ2n) is 4.86. The highest BCUT2D eigenvalue weighted by molar-refractivity contribution is 6.00. The molecule has 2 aromatic carbocycles. The van der Waals surface area contributed by atoms with E-state index in [-0.39, 0.29) is 0 Å². The molecule has 0 atom stereocenters. The molecule has 0 saturated carbocycles. The number of hydrogen-bond donors (Lipinski definition) is 0. The number of rotatable bonds is 8. The van der Waals surface area contributed by atoms with Gasteiger partial charge in [0.15, 0.2) is 6.61 Å². The molecule has 0 amide bonds. The highest BCUT2D eigenvalue weighted by Gasteiger charge is 2.02. The van der Waals surface area contributed by atoms with Crippen molar-refractivity contribution in [3.8, 4) is 5.75 Å². The summed E-state index contributed by atoms with van der Waals surface area (Å²) in [5.74, 6) is 0.793. The van der Waals surface area contributed by atoms with Crippen LogP contribution in [0.1, 0.15) is 31.4 Å². The van der Waals surface area contributed by atoms with Gasteiger partial charge in [0.25, 0.3) is 0 Å². The number of hydrogen-bond acceptors (Lipinski definition) is 3. The van der Waals surface area contributed by atoms with E-state index in [4.69, 9.17) is 9.57 Å². The number of oxime groups is 1. The van der Waals surface area contributed by atoms with Gasteiger partial charge in [0.05, 0.1) is 5.71 Å². The zero-order valence-corrected chi connectivity index (χ0v) is 13.2. The first-order valence-corrected chi connectivity index (χ1v) is 7.70. The predicted molar refractivity (Wildman–Crippen MR) is 89.4 cm³/mol. The predicted octanol–water partition coefficient (Wildman–Crippen LogP) is 4.26. The lowest BCUT2D eigenvalue weighted by Gasteiger charge is -2.07. The lowest BCUT2D eigenvalue weighted by Crippen LogP contribution is -2.06. The van der Waals surface area contributed by atoms with Crippen LogP contribution in [-0.2, 0) is 11.3 Å². The van der Waals surface area contributed by atoms with Crippen molar-refractivity contribution < 1.29 is 9.57 Å². The molecule has 0 heterocycles.